The summed E-state index contributed by atoms with van der Waals surface area (Å²) in [4.78, 5) is 0. The van der Waals surface area contributed by atoms with Gasteiger partial charge in [0, 0.05) is 43.7 Å². The van der Waals surface area contributed by atoms with Gasteiger partial charge in [-0.05, 0) is 176 Å². The van der Waals surface area contributed by atoms with Crippen molar-refractivity contribution < 1.29 is 0 Å². The van der Waals surface area contributed by atoms with Gasteiger partial charge >= 0.3 is 0 Å². The van der Waals surface area contributed by atoms with Gasteiger partial charge in [0.05, 0.1) is 22.1 Å². The Labute approximate surface area is 420 Å². The summed E-state index contributed by atoms with van der Waals surface area (Å²) >= 11 is 0. The second kappa shape index (κ2) is 15.2. The highest BCUT2D eigenvalue weighted by Gasteiger charge is 2.46. The lowest BCUT2D eigenvalue weighted by Crippen LogP contribution is -2.20. The molecular weight excluding hydrogens is 869 g/mol. The predicted molar refractivity (Wildman–Crippen MR) is 301 cm³/mol. The van der Waals surface area contributed by atoms with Crippen molar-refractivity contribution in [2.24, 2.45) is 0 Å². The number of rotatable bonds is 5. The first-order chi connectivity index (χ1) is 35.6. The van der Waals surface area contributed by atoms with Crippen molar-refractivity contribution in [3.05, 3.63) is 241 Å². The van der Waals surface area contributed by atoms with Crippen molar-refractivity contribution >= 4 is 43.6 Å². The van der Waals surface area contributed by atoms with Crippen LogP contribution in [0.25, 0.3) is 111 Å². The Bertz CT molecular complexity index is 3930. The van der Waals surface area contributed by atoms with Gasteiger partial charge in [-0.3, -0.25) is 0 Å². The van der Waals surface area contributed by atoms with Crippen molar-refractivity contribution in [2.45, 2.75) is 62.2 Å². The van der Waals surface area contributed by atoms with E-state index in [0.717, 1.165) is 0 Å². The molecule has 2 saturated carbocycles. The molecule has 2 heterocycles. The van der Waals surface area contributed by atoms with E-state index in [-0.39, 0.29) is 10.8 Å². The van der Waals surface area contributed by atoms with Crippen molar-refractivity contribution in [3.63, 3.8) is 0 Å². The van der Waals surface area contributed by atoms with Gasteiger partial charge in [0.1, 0.15) is 0 Å². The minimum absolute atomic E-state index is 0.158. The fraction of sp³-hybridized carbons (Fsp3) is 0.143. The topological polar surface area (TPSA) is 9.86 Å². The number of hydrogen-bond donors (Lipinski definition) is 0. The second-order valence-corrected chi connectivity index (χ2v) is 21.5. The SMILES string of the molecule is c1ccc2c(c1)-c1ccc(-c3ccc4c(c3)c3ccccc3n4-c3ccc(-c4ccc(-n5c6ccccc6c6cc(-c7ccc8c(c7)C7(CCCC7)c7ccccc7-8)ccc65)cc4)cc3)cc1C21CCCC1. The molecule has 0 radical (unpaired) electrons. The van der Waals surface area contributed by atoms with Gasteiger partial charge in [-0.1, -0.05) is 171 Å². The third kappa shape index (κ3) is 5.61. The first-order valence-electron chi connectivity index (χ1n) is 26.4. The van der Waals surface area contributed by atoms with Crippen LogP contribution in [0.5, 0.6) is 0 Å². The number of para-hydroxylation sites is 2. The van der Waals surface area contributed by atoms with E-state index < -0.39 is 0 Å². The lowest BCUT2D eigenvalue weighted by molar-refractivity contribution is 0.550. The largest absolute Gasteiger partial charge is 0.309 e. The lowest BCUT2D eigenvalue weighted by Gasteiger charge is -2.27. The van der Waals surface area contributed by atoms with Gasteiger partial charge in [0.2, 0.25) is 0 Å². The molecule has 2 nitrogen and oxygen atoms in total. The first-order valence-corrected chi connectivity index (χ1v) is 26.4. The van der Waals surface area contributed by atoms with Crippen molar-refractivity contribution in [1.29, 1.82) is 0 Å². The maximum absolute atomic E-state index is 2.53. The molecule has 2 heteroatoms. The maximum atomic E-state index is 2.53. The van der Waals surface area contributed by atoms with Crippen LogP contribution in [0.2, 0.25) is 0 Å². The van der Waals surface area contributed by atoms with Crippen LogP contribution in [-0.2, 0) is 10.8 Å². The third-order valence-corrected chi connectivity index (χ3v) is 18.0. The minimum Gasteiger partial charge on any atom is -0.309 e. The van der Waals surface area contributed by atoms with Gasteiger partial charge in [-0.2, -0.15) is 0 Å². The van der Waals surface area contributed by atoms with Crippen molar-refractivity contribution in [1.82, 2.24) is 9.13 Å². The maximum Gasteiger partial charge on any atom is 0.0541 e. The summed E-state index contributed by atoms with van der Waals surface area (Å²) in [7, 11) is 0. The van der Waals surface area contributed by atoms with E-state index in [9.17, 15) is 0 Å². The molecule has 0 atom stereocenters. The van der Waals surface area contributed by atoms with E-state index in [1.54, 1.807) is 11.1 Å². The molecule has 12 aromatic rings. The molecule has 0 bridgehead atoms. The van der Waals surface area contributed by atoms with Crippen molar-refractivity contribution in [2.75, 3.05) is 0 Å². The summed E-state index contributed by atoms with van der Waals surface area (Å²) < 4.78 is 4.88. The van der Waals surface area contributed by atoms with Crippen LogP contribution in [0.3, 0.4) is 0 Å². The predicted octanol–water partition coefficient (Wildman–Crippen LogP) is 18.6. The fourth-order valence-corrected chi connectivity index (χ4v) is 14.8. The van der Waals surface area contributed by atoms with Crippen LogP contribution >= 0.6 is 0 Å². The van der Waals surface area contributed by atoms with E-state index in [4.69, 9.17) is 0 Å². The molecule has 72 heavy (non-hydrogen) atoms. The number of aromatic nitrogens is 2. The summed E-state index contributed by atoms with van der Waals surface area (Å²) in [6.45, 7) is 0. The zero-order valence-electron chi connectivity index (χ0n) is 40.3. The average Bonchev–Trinajstić information content (AvgIpc) is 4.33. The average molecular weight is 921 g/mol. The van der Waals surface area contributed by atoms with Crippen LogP contribution in [0.1, 0.15) is 73.6 Å². The highest BCUT2D eigenvalue weighted by Crippen LogP contribution is 2.59. The molecule has 2 spiro atoms. The van der Waals surface area contributed by atoms with Crippen LogP contribution in [0, 0.1) is 0 Å². The highest BCUT2D eigenvalue weighted by atomic mass is 15.0. The number of hydrogen-bond acceptors (Lipinski definition) is 0. The van der Waals surface area contributed by atoms with Crippen molar-refractivity contribution in [3.8, 4) is 67.0 Å². The molecule has 4 aliphatic carbocycles. The Balaban J connectivity index is 0.718. The number of fused-ring (bicyclic) bond motifs is 16. The fourth-order valence-electron chi connectivity index (χ4n) is 14.8. The van der Waals surface area contributed by atoms with Crippen LogP contribution < -0.4 is 0 Å². The highest BCUT2D eigenvalue weighted by molar-refractivity contribution is 6.12. The summed E-state index contributed by atoms with van der Waals surface area (Å²) in [5, 5.41) is 5.14. The molecule has 0 saturated heterocycles. The number of benzene rings is 10. The Morgan fingerprint density at radius 3 is 1.03 bits per heavy atom. The molecule has 4 aliphatic rings. The Morgan fingerprint density at radius 2 is 0.583 bits per heavy atom. The van der Waals surface area contributed by atoms with Gasteiger partial charge < -0.3 is 9.13 Å². The van der Waals surface area contributed by atoms with E-state index >= 15 is 0 Å². The summed E-state index contributed by atoms with van der Waals surface area (Å²) in [6, 6.07) is 83.3. The molecule has 2 fully saturated rings. The molecule has 0 unspecified atom stereocenters. The normalized spacial score (nSPS) is 15.8. The Morgan fingerprint density at radius 1 is 0.250 bits per heavy atom. The molecule has 0 amide bonds. The quantitative estimate of drug-likeness (QED) is 0.163. The van der Waals surface area contributed by atoms with E-state index in [1.165, 1.54) is 173 Å². The Kier molecular flexibility index (Phi) is 8.53. The standard InChI is InChI=1S/C70H52N2/c1-5-17-61-53(13-1)55-33-25-49(43-63(55)69(61)37-9-10-38-69)47-27-35-67-59(41-47)57-15-3-7-19-65(57)71(67)51-29-21-45(22-30-51)46-23-31-52(32-24-46)72-66-20-8-4-16-58(66)60-42-48(28-36-68(60)72)50-26-34-56-54-14-2-6-18-62(54)70(64(56)44-50)39-11-12-40-70/h1-8,13-36,41-44H,9-12,37-40H2. The zero-order chi connectivity index (χ0) is 47.1. The molecule has 342 valence electrons. The lowest BCUT2D eigenvalue weighted by atomic mass is 9.76. The van der Waals surface area contributed by atoms with Gasteiger partial charge in [0.25, 0.3) is 0 Å². The first kappa shape index (κ1) is 40.5. The van der Waals surface area contributed by atoms with Gasteiger partial charge in [-0.25, -0.2) is 0 Å². The van der Waals surface area contributed by atoms with Crippen LogP contribution in [0.15, 0.2) is 218 Å². The summed E-state index contributed by atoms with van der Waals surface area (Å²) in [5.41, 5.74) is 27.0. The minimum atomic E-state index is 0.158. The number of nitrogens with zero attached hydrogens (tertiary/aromatic N) is 2. The van der Waals surface area contributed by atoms with E-state index in [0.29, 0.717) is 0 Å². The molecule has 0 N–H and O–H groups in total. The molecule has 0 aliphatic heterocycles. The van der Waals surface area contributed by atoms with Gasteiger partial charge in [0.15, 0.2) is 0 Å². The zero-order valence-corrected chi connectivity index (χ0v) is 40.3. The van der Waals surface area contributed by atoms with E-state index in [2.05, 4.69) is 228 Å². The Hall–Kier alpha value is -8.20. The van der Waals surface area contributed by atoms with Crippen LogP contribution in [-0.4, -0.2) is 9.13 Å². The summed E-state index contributed by atoms with van der Waals surface area (Å²) in [6.07, 6.45) is 10.2. The molecule has 10 aromatic carbocycles. The van der Waals surface area contributed by atoms with Gasteiger partial charge in [-0.15, -0.1) is 0 Å². The summed E-state index contributed by atoms with van der Waals surface area (Å²) in [5.74, 6) is 0. The second-order valence-electron chi connectivity index (χ2n) is 21.5. The molecule has 16 rings (SSSR count). The molecule has 2 aromatic heterocycles. The van der Waals surface area contributed by atoms with Crippen LogP contribution in [0.4, 0.5) is 0 Å². The smallest absolute Gasteiger partial charge is 0.0541 e. The monoisotopic (exact) mass is 920 g/mol. The molecular formula is C70H52N2. The van der Waals surface area contributed by atoms with E-state index in [1.807, 2.05) is 0 Å². The third-order valence-electron chi connectivity index (χ3n) is 18.0.